The summed E-state index contributed by atoms with van der Waals surface area (Å²) in [5.74, 6) is 0.185. The molecule has 0 aliphatic carbocycles. The molecule has 3 N–H and O–H groups in total. The molecule has 0 amide bonds. The van der Waals surface area contributed by atoms with Gasteiger partial charge in [-0.1, -0.05) is 357 Å². The van der Waals surface area contributed by atoms with Crippen molar-refractivity contribution in [2.24, 2.45) is 17.8 Å². The Morgan fingerprint density at radius 3 is 0.776 bits per heavy atom. The molecule has 0 aromatic carbocycles. The summed E-state index contributed by atoms with van der Waals surface area (Å²) in [6.45, 7) is 11.9. The van der Waals surface area contributed by atoms with Crippen LogP contribution in [0.3, 0.4) is 0 Å². The smallest absolute Gasteiger partial charge is 0.462 e. The monoisotopic (exact) mass is 1440 g/mol. The van der Waals surface area contributed by atoms with Crippen LogP contribution < -0.4 is 0 Å². The summed E-state index contributed by atoms with van der Waals surface area (Å²) < 4.78 is 68.6. The molecule has 0 radical (unpaired) electrons. The molecule has 3 unspecified atom stereocenters. The highest BCUT2D eigenvalue weighted by atomic mass is 31.2. The zero-order valence-corrected chi connectivity index (χ0v) is 66.0. The van der Waals surface area contributed by atoms with Gasteiger partial charge in [-0.3, -0.25) is 37.3 Å². The zero-order valence-electron chi connectivity index (χ0n) is 64.3. The van der Waals surface area contributed by atoms with E-state index in [0.717, 1.165) is 108 Å². The van der Waals surface area contributed by atoms with E-state index in [0.29, 0.717) is 31.6 Å². The van der Waals surface area contributed by atoms with Gasteiger partial charge >= 0.3 is 39.5 Å². The molecule has 19 heteroatoms. The third kappa shape index (κ3) is 71.1. The van der Waals surface area contributed by atoms with Crippen LogP contribution in [0.2, 0.25) is 0 Å². The normalized spacial score (nSPS) is 14.3. The Bertz CT molecular complexity index is 1910. The van der Waals surface area contributed by atoms with Crippen molar-refractivity contribution in [2.45, 2.75) is 426 Å². The molecule has 0 spiro atoms. The van der Waals surface area contributed by atoms with Crippen molar-refractivity contribution in [3.63, 3.8) is 0 Å². The van der Waals surface area contributed by atoms with Crippen LogP contribution >= 0.6 is 15.6 Å². The molecular weight excluding hydrogens is 1280 g/mol. The van der Waals surface area contributed by atoms with Crippen LogP contribution in [0, 0.1) is 17.8 Å². The number of ether oxygens (including phenoxy) is 4. The van der Waals surface area contributed by atoms with E-state index in [-0.39, 0.29) is 25.7 Å². The molecule has 0 saturated heterocycles. The Hall–Kier alpha value is -1.94. The maximum atomic E-state index is 13.1. The van der Waals surface area contributed by atoms with Gasteiger partial charge < -0.3 is 33.8 Å². The number of phosphoric ester groups is 2. The summed E-state index contributed by atoms with van der Waals surface area (Å²) in [6.07, 6.45) is 56.9. The number of hydrogen-bond acceptors (Lipinski definition) is 15. The fraction of sp³-hybridized carbons (Fsp3) is 0.949. The molecule has 0 aliphatic heterocycles. The number of phosphoric acid groups is 2. The molecule has 0 bridgehead atoms. The molecule has 98 heavy (non-hydrogen) atoms. The van der Waals surface area contributed by atoms with Crippen molar-refractivity contribution < 1.29 is 80.2 Å². The van der Waals surface area contributed by atoms with Gasteiger partial charge in [0.2, 0.25) is 0 Å². The van der Waals surface area contributed by atoms with Gasteiger partial charge in [-0.05, 0) is 43.4 Å². The number of aliphatic hydroxyl groups excluding tert-OH is 1. The van der Waals surface area contributed by atoms with E-state index in [2.05, 4.69) is 48.5 Å². The fourth-order valence-corrected chi connectivity index (χ4v) is 13.7. The Balaban J connectivity index is 5.25. The third-order valence-electron chi connectivity index (χ3n) is 18.7. The van der Waals surface area contributed by atoms with Crippen LogP contribution in [0.25, 0.3) is 0 Å². The second kappa shape index (κ2) is 69.4. The summed E-state index contributed by atoms with van der Waals surface area (Å²) in [5.41, 5.74) is 0. The van der Waals surface area contributed by atoms with Crippen molar-refractivity contribution in [2.75, 3.05) is 39.6 Å². The zero-order chi connectivity index (χ0) is 72.3. The summed E-state index contributed by atoms with van der Waals surface area (Å²) in [7, 11) is -9.92. The van der Waals surface area contributed by atoms with E-state index in [1.165, 1.54) is 212 Å². The highest BCUT2D eigenvalue weighted by molar-refractivity contribution is 7.47. The van der Waals surface area contributed by atoms with Gasteiger partial charge in [-0.25, -0.2) is 9.13 Å². The lowest BCUT2D eigenvalue weighted by Gasteiger charge is -2.21. The first-order valence-corrected chi connectivity index (χ1v) is 43.9. The Morgan fingerprint density at radius 1 is 0.296 bits per heavy atom. The number of hydrogen-bond donors (Lipinski definition) is 3. The van der Waals surface area contributed by atoms with Gasteiger partial charge in [0.15, 0.2) is 12.2 Å². The second-order valence-corrected chi connectivity index (χ2v) is 32.6. The lowest BCUT2D eigenvalue weighted by Crippen LogP contribution is -2.30. The van der Waals surface area contributed by atoms with Crippen LogP contribution in [0.5, 0.6) is 0 Å². The predicted molar refractivity (Wildman–Crippen MR) is 400 cm³/mol. The Labute approximate surface area is 600 Å². The van der Waals surface area contributed by atoms with E-state index >= 15 is 0 Å². The summed E-state index contributed by atoms with van der Waals surface area (Å²) in [5, 5.41) is 10.6. The van der Waals surface area contributed by atoms with Gasteiger partial charge in [-0.2, -0.15) is 0 Å². The fourth-order valence-electron chi connectivity index (χ4n) is 12.1. The average molecular weight is 1440 g/mol. The standard InChI is InChI=1S/C79H154O17P2/c1-8-10-11-12-13-14-15-16-17-18-19-20-23-27-33-40-48-55-62-78(83)95-74(66-89-76(81)60-53-46-39-32-26-24-21-22-25-30-36-43-50-57-70(3)4)68-93-97(85,86)91-64-73(80)65-92-98(87,88)94-69-75(67-90-77(82)61-54-47-42-35-37-44-51-58-71(5)6)96-79(84)63-56-49-41-34-29-28-31-38-45-52-59-72(7)9-2/h70-75,80H,8-69H2,1-7H3,(H,85,86)(H,87,88)/t72?,73-,74-,75-/m1/s1. The van der Waals surface area contributed by atoms with Crippen molar-refractivity contribution in [1.82, 2.24) is 0 Å². The van der Waals surface area contributed by atoms with Gasteiger partial charge in [0.05, 0.1) is 26.4 Å². The minimum Gasteiger partial charge on any atom is -0.462 e. The van der Waals surface area contributed by atoms with Crippen molar-refractivity contribution in [1.29, 1.82) is 0 Å². The molecule has 0 aromatic rings. The van der Waals surface area contributed by atoms with Gasteiger partial charge in [0, 0.05) is 25.7 Å². The molecule has 0 aliphatic rings. The summed E-state index contributed by atoms with van der Waals surface area (Å²) in [6, 6.07) is 0. The first-order valence-electron chi connectivity index (χ1n) is 40.9. The first kappa shape index (κ1) is 96.1. The minimum absolute atomic E-state index is 0.105. The number of unbranched alkanes of at least 4 members (excludes halogenated alkanes) is 44. The lowest BCUT2D eigenvalue weighted by molar-refractivity contribution is -0.161. The molecule has 0 fully saturated rings. The molecule has 0 aromatic heterocycles. The summed E-state index contributed by atoms with van der Waals surface area (Å²) >= 11 is 0. The number of esters is 4. The predicted octanol–water partition coefficient (Wildman–Crippen LogP) is 23.4. The van der Waals surface area contributed by atoms with E-state index in [1.807, 2.05) is 0 Å². The van der Waals surface area contributed by atoms with Crippen LogP contribution in [-0.2, 0) is 65.4 Å². The quantitative estimate of drug-likeness (QED) is 0.0222. The maximum absolute atomic E-state index is 13.1. The van der Waals surface area contributed by atoms with Crippen LogP contribution in [-0.4, -0.2) is 96.7 Å². The van der Waals surface area contributed by atoms with Gasteiger partial charge in [0.25, 0.3) is 0 Å². The number of rotatable bonds is 77. The Kier molecular flexibility index (Phi) is 68.1. The van der Waals surface area contributed by atoms with E-state index in [4.69, 9.17) is 37.0 Å². The number of carbonyl (C=O) groups excluding carboxylic acids is 4. The van der Waals surface area contributed by atoms with Gasteiger partial charge in [0.1, 0.15) is 19.3 Å². The molecule has 0 saturated carbocycles. The van der Waals surface area contributed by atoms with Crippen LogP contribution in [0.4, 0.5) is 0 Å². The van der Waals surface area contributed by atoms with Crippen molar-refractivity contribution in [3.05, 3.63) is 0 Å². The van der Waals surface area contributed by atoms with E-state index in [9.17, 15) is 43.2 Å². The maximum Gasteiger partial charge on any atom is 0.472 e. The Morgan fingerprint density at radius 2 is 0.520 bits per heavy atom. The average Bonchev–Trinajstić information content (AvgIpc) is 1.15. The van der Waals surface area contributed by atoms with Crippen molar-refractivity contribution in [3.8, 4) is 0 Å². The molecule has 582 valence electrons. The molecular formula is C79H154O17P2. The highest BCUT2D eigenvalue weighted by Gasteiger charge is 2.30. The molecule has 0 heterocycles. The summed E-state index contributed by atoms with van der Waals surface area (Å²) in [4.78, 5) is 72.9. The largest absolute Gasteiger partial charge is 0.472 e. The topological polar surface area (TPSA) is 237 Å². The number of carbonyl (C=O) groups is 4. The minimum atomic E-state index is -4.96. The van der Waals surface area contributed by atoms with E-state index < -0.39 is 97.5 Å². The lowest BCUT2D eigenvalue weighted by atomic mass is 9.99. The van der Waals surface area contributed by atoms with Crippen molar-refractivity contribution >= 4 is 39.5 Å². The number of aliphatic hydroxyl groups is 1. The molecule has 0 rings (SSSR count). The SMILES string of the molecule is CCCCCCCCCCCCCCCCCCCCC(=O)O[C@H](COC(=O)CCCCCCCCCCCCCCCC(C)C)COP(=O)(O)OC[C@@H](O)COP(=O)(O)OC[C@@H](COC(=O)CCCCCCCCCC(C)C)OC(=O)CCCCCCCCCCCCC(C)CC. The van der Waals surface area contributed by atoms with Crippen LogP contribution in [0.15, 0.2) is 0 Å². The van der Waals surface area contributed by atoms with Crippen LogP contribution in [0.1, 0.15) is 408 Å². The molecule has 6 atom stereocenters. The molecule has 17 nitrogen and oxygen atoms in total. The van der Waals surface area contributed by atoms with Gasteiger partial charge in [-0.15, -0.1) is 0 Å². The first-order chi connectivity index (χ1) is 47.3. The third-order valence-corrected chi connectivity index (χ3v) is 20.6. The van der Waals surface area contributed by atoms with E-state index in [1.54, 1.807) is 0 Å². The second-order valence-electron chi connectivity index (χ2n) is 29.6. The highest BCUT2D eigenvalue weighted by Crippen LogP contribution is 2.45.